The Labute approximate surface area is 499 Å². The molecule has 0 spiro atoms. The highest BCUT2D eigenvalue weighted by Crippen LogP contribution is 2.30. The van der Waals surface area contributed by atoms with Gasteiger partial charge in [0.15, 0.2) is 0 Å². The van der Waals surface area contributed by atoms with Gasteiger partial charge in [-0.2, -0.15) is 10.2 Å². The van der Waals surface area contributed by atoms with Gasteiger partial charge in [0.25, 0.3) is 0 Å². The monoisotopic (exact) mass is 1290 g/mol. The van der Waals surface area contributed by atoms with Crippen molar-refractivity contribution in [2.24, 2.45) is 5.14 Å². The minimum Gasteiger partial charge on any atom is -0.362 e. The van der Waals surface area contributed by atoms with E-state index in [1.54, 1.807) is 65.3 Å². The number of ether oxygens (including phenoxy) is 2. The Balaban J connectivity index is 0.650. The van der Waals surface area contributed by atoms with Crippen molar-refractivity contribution in [1.29, 1.82) is 0 Å². The van der Waals surface area contributed by atoms with Crippen LogP contribution in [0.25, 0.3) is 33.9 Å². The third-order valence-corrected chi connectivity index (χ3v) is 15.1. The van der Waals surface area contributed by atoms with E-state index in [9.17, 15) is 36.0 Å². The fourth-order valence-electron chi connectivity index (χ4n) is 8.67. The van der Waals surface area contributed by atoms with Crippen LogP contribution in [0.1, 0.15) is 54.6 Å². The molecule has 83 heavy (non-hydrogen) atoms. The molecule has 2 heterocycles. The van der Waals surface area contributed by atoms with E-state index in [1.165, 1.54) is 12.1 Å². The van der Waals surface area contributed by atoms with Crippen LogP contribution in [0.4, 0.5) is 17.1 Å². The highest BCUT2D eigenvalue weighted by molar-refractivity contribution is 9.10. The van der Waals surface area contributed by atoms with Gasteiger partial charge in [0.05, 0.1) is 39.0 Å². The molecule has 0 aliphatic heterocycles. The Kier molecular flexibility index (Phi) is 22.1. The van der Waals surface area contributed by atoms with Crippen molar-refractivity contribution in [2.45, 2.75) is 49.8 Å². The van der Waals surface area contributed by atoms with Crippen molar-refractivity contribution in [2.75, 3.05) is 54.9 Å². The standard InChI is InChI=1S/C59H60Br2N10O10S2/c60-44-14-10-42(11-15-44)54-34-49(67-70(54)51-24-22-48(23-25-51)69-82(76)77)32-40-6-18-46(19-7-40)65-58(74)38-80-36-56(72)63-30-4-2-1-3-5-31-64-57(73)37-81-39-59(75)66-47-20-8-41(9-21-47)33-50-35-55(43-12-16-45(61)17-13-43)71(68-50)52-26-28-53(29-27-52)83(62,78)79/h6-29,34-35,82H,1-5,30-33,36-39H2,(H,63,72)(H,64,73)(H,65,74)(H,66,75)(H2,62,78,79)(H,69,76,77). The van der Waals surface area contributed by atoms with Crippen molar-refractivity contribution in [1.82, 2.24) is 30.2 Å². The third-order valence-electron chi connectivity index (χ3n) is 12.7. The molecule has 4 amide bonds. The molecule has 8 rings (SSSR count). The zero-order valence-corrected chi connectivity index (χ0v) is 49.6. The molecule has 20 nitrogen and oxygen atoms in total. The predicted molar refractivity (Wildman–Crippen MR) is 325 cm³/mol. The number of hydrogen-bond donors (Lipinski definition) is 7. The van der Waals surface area contributed by atoms with Crippen LogP contribution in [0.3, 0.4) is 0 Å². The van der Waals surface area contributed by atoms with Crippen LogP contribution >= 0.6 is 31.9 Å². The van der Waals surface area contributed by atoms with E-state index in [-0.39, 0.29) is 43.1 Å². The molecule has 0 saturated heterocycles. The molecule has 8 aromatic rings. The maximum absolute atomic E-state index is 12.6. The van der Waals surface area contributed by atoms with Crippen LogP contribution in [-0.4, -0.2) is 99.5 Å². The number of carbonyl (C=O) groups excluding carboxylic acids is 4. The SMILES string of the molecule is NS(=O)(=O)c1ccc(-n2nc(Cc3ccc(NC(=O)COCC(=O)NCCCCCCCNC(=O)COCC(=O)Nc4ccc(Cc5cc(-c6ccc(Br)cc6)n(-c6ccc(N[SH](=O)=O)cc6)n5)cc4)cc3)cc2-c2ccc(Br)cc2)cc1. The van der Waals surface area contributed by atoms with Gasteiger partial charge in [0.1, 0.15) is 26.4 Å². The summed E-state index contributed by atoms with van der Waals surface area (Å²) < 4.78 is 64.5. The number of halogens is 2. The van der Waals surface area contributed by atoms with Crippen LogP contribution in [0, 0.1) is 0 Å². The number of rotatable bonds is 29. The molecule has 24 heteroatoms. The summed E-state index contributed by atoms with van der Waals surface area (Å²) in [5.74, 6) is -1.45. The molecule has 6 aromatic carbocycles. The summed E-state index contributed by atoms with van der Waals surface area (Å²) in [4.78, 5) is 49.8. The molecule has 0 radical (unpaired) electrons. The summed E-state index contributed by atoms with van der Waals surface area (Å²) in [5.41, 5.74) is 9.98. The highest BCUT2D eigenvalue weighted by atomic mass is 79.9. The number of amides is 4. The summed E-state index contributed by atoms with van der Waals surface area (Å²) in [6.45, 7) is -0.185. The summed E-state index contributed by atoms with van der Waals surface area (Å²) in [6, 6.07) is 47.4. The zero-order chi connectivity index (χ0) is 58.7. The molecule has 0 bridgehead atoms. The van der Waals surface area contributed by atoms with Gasteiger partial charge in [-0.3, -0.25) is 23.9 Å². The smallest absolute Gasteiger partial charge is 0.250 e. The first-order valence-electron chi connectivity index (χ1n) is 26.3. The van der Waals surface area contributed by atoms with Crippen LogP contribution in [0.2, 0.25) is 0 Å². The average Bonchev–Trinajstić information content (AvgIpc) is 4.30. The van der Waals surface area contributed by atoms with Gasteiger partial charge in [-0.25, -0.2) is 31.3 Å². The van der Waals surface area contributed by atoms with Gasteiger partial charge in [0, 0.05) is 63.1 Å². The number of sulfonamides is 1. The number of aromatic nitrogens is 4. The maximum Gasteiger partial charge on any atom is 0.250 e. The largest absolute Gasteiger partial charge is 0.362 e. The Bertz CT molecular complexity index is 3690. The van der Waals surface area contributed by atoms with Crippen LogP contribution < -0.4 is 31.1 Å². The normalized spacial score (nSPS) is 11.3. The number of hydrogen-bond acceptors (Lipinski definition) is 12. The summed E-state index contributed by atoms with van der Waals surface area (Å²) in [5, 5.41) is 26.2. The summed E-state index contributed by atoms with van der Waals surface area (Å²) >= 11 is 6.97. The molecule has 0 aliphatic rings. The van der Waals surface area contributed by atoms with E-state index in [0.29, 0.717) is 48.7 Å². The summed E-state index contributed by atoms with van der Waals surface area (Å²) in [7, 11) is -6.64. The van der Waals surface area contributed by atoms with E-state index in [0.717, 1.165) is 91.8 Å². The minimum atomic E-state index is -3.86. The lowest BCUT2D eigenvalue weighted by atomic mass is 10.1. The Morgan fingerprint density at radius 1 is 0.494 bits per heavy atom. The lowest BCUT2D eigenvalue weighted by Crippen LogP contribution is -2.30. The van der Waals surface area contributed by atoms with Gasteiger partial charge in [-0.05, 0) is 133 Å². The zero-order valence-electron chi connectivity index (χ0n) is 44.8. The number of nitrogens with one attached hydrogen (secondary N) is 5. The lowest BCUT2D eigenvalue weighted by Gasteiger charge is -2.09. The van der Waals surface area contributed by atoms with Crippen molar-refractivity contribution >= 4 is 93.5 Å². The van der Waals surface area contributed by atoms with E-state index < -0.39 is 32.7 Å². The first-order valence-corrected chi connectivity index (χ1v) is 30.6. The molecule has 0 fully saturated rings. The number of primary sulfonamides is 1. The van der Waals surface area contributed by atoms with Crippen LogP contribution in [0.5, 0.6) is 0 Å². The molecule has 0 aliphatic carbocycles. The first-order chi connectivity index (χ1) is 40.0. The Hall–Kier alpha value is -7.84. The molecular weight excluding hydrogens is 1230 g/mol. The van der Waals surface area contributed by atoms with Crippen molar-refractivity contribution < 1.29 is 45.5 Å². The molecule has 2 aromatic heterocycles. The molecular formula is C59H60Br2N10O10S2. The minimum absolute atomic E-state index is 0.00166. The van der Waals surface area contributed by atoms with Crippen LogP contribution in [-0.2, 0) is 62.4 Å². The third kappa shape index (κ3) is 19.1. The first kappa shape index (κ1) is 61.2. The van der Waals surface area contributed by atoms with E-state index in [2.05, 4.69) is 57.8 Å². The maximum atomic E-state index is 12.6. The Morgan fingerprint density at radius 3 is 1.27 bits per heavy atom. The van der Waals surface area contributed by atoms with Gasteiger partial charge in [-0.15, -0.1) is 0 Å². The average molecular weight is 1290 g/mol. The van der Waals surface area contributed by atoms with Gasteiger partial charge >= 0.3 is 0 Å². The van der Waals surface area contributed by atoms with E-state index in [1.807, 2.05) is 89.6 Å². The quantitative estimate of drug-likeness (QED) is 0.0172. The Morgan fingerprint density at radius 2 is 0.867 bits per heavy atom. The topological polar surface area (TPSA) is 277 Å². The van der Waals surface area contributed by atoms with E-state index in [4.69, 9.17) is 24.8 Å². The summed E-state index contributed by atoms with van der Waals surface area (Å²) in [6.07, 6.45) is 5.17. The lowest BCUT2D eigenvalue weighted by molar-refractivity contribution is -0.130. The molecule has 0 saturated carbocycles. The molecule has 432 valence electrons. The number of nitrogens with two attached hydrogens (primary N) is 1. The van der Waals surface area contributed by atoms with Gasteiger partial charge < -0.3 is 30.7 Å². The number of benzene rings is 6. The number of anilines is 3. The fraction of sp³-hybridized carbons (Fsp3) is 0.220. The second kappa shape index (κ2) is 29.9. The number of nitrogens with zero attached hydrogens (tertiary/aromatic N) is 4. The van der Waals surface area contributed by atoms with Crippen molar-refractivity contribution in [3.05, 3.63) is 189 Å². The number of unbranched alkanes of at least 4 members (excludes halogenated alkanes) is 4. The molecule has 0 atom stereocenters. The number of carbonyl (C=O) groups is 4. The van der Waals surface area contributed by atoms with E-state index >= 15 is 0 Å². The molecule has 7 N–H and O–H groups in total. The second-order valence-corrected chi connectivity index (χ2v) is 23.3. The van der Waals surface area contributed by atoms with Crippen molar-refractivity contribution in [3.8, 4) is 33.9 Å². The van der Waals surface area contributed by atoms with Crippen LogP contribution in [0.15, 0.2) is 172 Å². The number of thiol groups is 1. The van der Waals surface area contributed by atoms with Gasteiger partial charge in [-0.1, -0.05) is 99.7 Å². The second-order valence-electron chi connectivity index (χ2n) is 19.1. The van der Waals surface area contributed by atoms with Gasteiger partial charge in [0.2, 0.25) is 44.5 Å². The van der Waals surface area contributed by atoms with Crippen molar-refractivity contribution in [3.63, 3.8) is 0 Å². The highest BCUT2D eigenvalue weighted by Gasteiger charge is 2.17. The molecule has 0 unspecified atom stereocenters. The predicted octanol–water partition coefficient (Wildman–Crippen LogP) is 8.48. The fourth-order valence-corrected chi connectivity index (χ4v) is 10.1.